The second kappa shape index (κ2) is 7.71. The molecule has 1 aliphatic carbocycles. The lowest BCUT2D eigenvalue weighted by Crippen LogP contribution is -2.24. The van der Waals surface area contributed by atoms with E-state index < -0.39 is 30.1 Å². The lowest BCUT2D eigenvalue weighted by molar-refractivity contribution is -0.155. The van der Waals surface area contributed by atoms with E-state index in [0.29, 0.717) is 16.4 Å². The maximum Gasteiger partial charge on any atom is 0.423 e. The number of amides is 1. The number of hydrogen-bond donors (Lipinski definition) is 1. The molecule has 2 heterocycles. The van der Waals surface area contributed by atoms with E-state index in [1.165, 1.54) is 19.0 Å². The van der Waals surface area contributed by atoms with Gasteiger partial charge in [0.2, 0.25) is 0 Å². The zero-order chi connectivity index (χ0) is 24.5. The fourth-order valence-corrected chi connectivity index (χ4v) is 4.57. The largest absolute Gasteiger partial charge is 0.477 e. The molecule has 1 aliphatic heterocycles. The number of aliphatic hydroxyl groups excluding tert-OH is 1. The maximum atomic E-state index is 13.2. The van der Waals surface area contributed by atoms with Gasteiger partial charge in [-0.2, -0.15) is 0 Å². The molecule has 2 atom stereocenters. The second-order valence-corrected chi connectivity index (χ2v) is 8.78. The number of imidazole rings is 1. The number of fused-ring (bicyclic) bond motifs is 5. The van der Waals surface area contributed by atoms with Crippen LogP contribution >= 0.6 is 11.6 Å². The molecule has 0 saturated heterocycles. The fourth-order valence-electron chi connectivity index (χ4n) is 4.31. The third-order valence-corrected chi connectivity index (χ3v) is 6.41. The molecule has 2 bridgehead atoms. The number of benzene rings is 2. The Balaban J connectivity index is 1.81. The number of aliphatic hydroxyl groups is 1. The number of ether oxygens (including phenoxy) is 3. The molecule has 1 amide bonds. The van der Waals surface area contributed by atoms with E-state index in [4.69, 9.17) is 25.8 Å². The summed E-state index contributed by atoms with van der Waals surface area (Å²) in [5, 5.41) is 11.3. The van der Waals surface area contributed by atoms with Crippen molar-refractivity contribution in [1.82, 2.24) is 14.5 Å². The van der Waals surface area contributed by atoms with E-state index >= 15 is 0 Å². The second-order valence-electron chi connectivity index (χ2n) is 8.37. The van der Waals surface area contributed by atoms with Crippen molar-refractivity contribution in [2.75, 3.05) is 14.1 Å². The predicted octanol–water partition coefficient (Wildman–Crippen LogP) is 2.10. The molecule has 0 radical (unpaired) electrons. The quantitative estimate of drug-likeness (QED) is 0.340. The first kappa shape index (κ1) is 22.2. The first-order chi connectivity index (χ1) is 16.1. The summed E-state index contributed by atoms with van der Waals surface area (Å²) in [6.07, 6.45) is -1.60. The number of carbonyl (C=O) groups is 3. The number of aromatic nitrogens is 2. The summed E-state index contributed by atoms with van der Waals surface area (Å²) < 4.78 is 18.5. The molecule has 0 saturated carbocycles. The van der Waals surface area contributed by atoms with Crippen molar-refractivity contribution in [3.63, 3.8) is 0 Å². The molecule has 11 heteroatoms. The van der Waals surface area contributed by atoms with Crippen LogP contribution in [-0.2, 0) is 23.1 Å². The van der Waals surface area contributed by atoms with Gasteiger partial charge in [-0.05, 0) is 24.1 Å². The molecule has 0 fully saturated rings. The van der Waals surface area contributed by atoms with Crippen molar-refractivity contribution in [3.05, 3.63) is 45.7 Å². The van der Waals surface area contributed by atoms with Gasteiger partial charge in [-0.15, -0.1) is 0 Å². The summed E-state index contributed by atoms with van der Waals surface area (Å²) in [7, 11) is 4.70. The van der Waals surface area contributed by atoms with Gasteiger partial charge < -0.3 is 28.8 Å². The molecule has 176 valence electrons. The Kier molecular flexibility index (Phi) is 5.03. The Morgan fingerprint density at radius 3 is 2.59 bits per heavy atom. The lowest BCUT2D eigenvalue weighted by atomic mass is 10.1. The predicted molar refractivity (Wildman–Crippen MR) is 119 cm³/mol. The number of aryl methyl sites for hydroxylation is 2. The first-order valence-corrected chi connectivity index (χ1v) is 10.8. The highest BCUT2D eigenvalue weighted by Gasteiger charge is 2.41. The van der Waals surface area contributed by atoms with Crippen LogP contribution in [0.15, 0.2) is 18.2 Å². The molecule has 3 aromatic rings. The Hall–Kier alpha value is -3.63. The molecule has 1 aromatic heterocycles. The van der Waals surface area contributed by atoms with Crippen LogP contribution in [0.3, 0.4) is 0 Å². The topological polar surface area (TPSA) is 120 Å². The van der Waals surface area contributed by atoms with Crippen molar-refractivity contribution in [1.29, 1.82) is 0 Å². The van der Waals surface area contributed by atoms with Crippen LogP contribution in [0.5, 0.6) is 17.2 Å². The van der Waals surface area contributed by atoms with E-state index in [0.717, 1.165) is 5.56 Å². The molecule has 2 unspecified atom stereocenters. The minimum Gasteiger partial charge on any atom is -0.477 e. The summed E-state index contributed by atoms with van der Waals surface area (Å²) in [6.45, 7) is 1.72. The Morgan fingerprint density at radius 1 is 1.24 bits per heavy atom. The number of halogens is 1. The molecule has 10 nitrogen and oxygen atoms in total. The van der Waals surface area contributed by atoms with Gasteiger partial charge >= 0.3 is 11.9 Å². The molecule has 0 spiro atoms. The molecule has 2 aliphatic rings. The minimum atomic E-state index is -1.31. The van der Waals surface area contributed by atoms with Crippen LogP contribution in [0.1, 0.15) is 33.4 Å². The number of carbonyl (C=O) groups excluding carboxylic acids is 3. The Labute approximate surface area is 198 Å². The van der Waals surface area contributed by atoms with Gasteiger partial charge in [0.05, 0.1) is 6.10 Å². The van der Waals surface area contributed by atoms with Crippen molar-refractivity contribution < 1.29 is 33.7 Å². The average molecular weight is 486 g/mol. The number of nitrogens with zero attached hydrogens (tertiary/aromatic N) is 3. The van der Waals surface area contributed by atoms with Crippen molar-refractivity contribution in [2.45, 2.75) is 25.6 Å². The van der Waals surface area contributed by atoms with Crippen LogP contribution in [0.25, 0.3) is 11.0 Å². The molecule has 2 aromatic carbocycles. The Morgan fingerprint density at radius 2 is 1.91 bits per heavy atom. The van der Waals surface area contributed by atoms with Crippen LogP contribution in [0.4, 0.5) is 0 Å². The summed E-state index contributed by atoms with van der Waals surface area (Å²) in [5.41, 5.74) is 1.72. The molecule has 1 N–H and O–H groups in total. The van der Waals surface area contributed by atoms with E-state index in [1.807, 2.05) is 0 Å². The van der Waals surface area contributed by atoms with E-state index in [2.05, 4.69) is 4.98 Å². The lowest BCUT2D eigenvalue weighted by Gasteiger charge is -2.22. The van der Waals surface area contributed by atoms with Crippen molar-refractivity contribution in [2.24, 2.45) is 7.05 Å². The zero-order valence-electron chi connectivity index (χ0n) is 18.7. The standard InChI is InChI=1S/C23H20ClN3O7/c1-9-25-15-16(27(9)4)18-14(21(29)26(2)3)19(34-23(31)22(30)33-18)20(15)32-17-10-6-5-7-12(24)11(10)8-13(17)28/h5-7,13,17,28H,8H2,1-4H3. The molecule has 5 rings (SSSR count). The SMILES string of the molecule is Cc1nc2c(OC3c4cccc(Cl)c4CC3O)c3c(C(=O)N(C)C)c(c2n1C)OC(=O)C(=O)O3. The molecular weight excluding hydrogens is 466 g/mol. The van der Waals surface area contributed by atoms with Crippen LogP contribution in [0, 0.1) is 6.92 Å². The van der Waals surface area contributed by atoms with Crippen molar-refractivity contribution >= 4 is 40.5 Å². The Bertz CT molecular complexity index is 1410. The highest BCUT2D eigenvalue weighted by Crippen LogP contribution is 2.50. The first-order valence-electron chi connectivity index (χ1n) is 10.4. The van der Waals surface area contributed by atoms with E-state index in [9.17, 15) is 19.5 Å². The van der Waals surface area contributed by atoms with Crippen LogP contribution < -0.4 is 14.2 Å². The number of rotatable bonds is 3. The van der Waals surface area contributed by atoms with Gasteiger partial charge in [0.15, 0.2) is 23.4 Å². The van der Waals surface area contributed by atoms with Gasteiger partial charge in [0.1, 0.15) is 22.4 Å². The third-order valence-electron chi connectivity index (χ3n) is 6.05. The number of esters is 2. The monoisotopic (exact) mass is 485 g/mol. The summed E-state index contributed by atoms with van der Waals surface area (Å²) in [6, 6.07) is 5.23. The van der Waals surface area contributed by atoms with Gasteiger partial charge in [-0.3, -0.25) is 4.79 Å². The van der Waals surface area contributed by atoms with Gasteiger partial charge in [0.25, 0.3) is 5.91 Å². The van der Waals surface area contributed by atoms with Gasteiger partial charge in [-0.25, -0.2) is 14.6 Å². The third kappa shape index (κ3) is 3.13. The van der Waals surface area contributed by atoms with Crippen LogP contribution in [-0.4, -0.2) is 57.6 Å². The van der Waals surface area contributed by atoms with Crippen LogP contribution in [0.2, 0.25) is 5.02 Å². The summed E-state index contributed by atoms with van der Waals surface area (Å²) in [5.74, 6) is -3.14. The zero-order valence-corrected chi connectivity index (χ0v) is 19.5. The average Bonchev–Trinajstić information content (AvgIpc) is 3.23. The highest BCUT2D eigenvalue weighted by molar-refractivity contribution is 6.33. The number of hydrogen-bond acceptors (Lipinski definition) is 8. The molecular formula is C23H20ClN3O7. The fraction of sp³-hybridized carbons (Fsp3) is 0.304. The van der Waals surface area contributed by atoms with Gasteiger partial charge in [0, 0.05) is 32.6 Å². The minimum absolute atomic E-state index is 0.0591. The van der Waals surface area contributed by atoms with E-state index in [1.54, 1.807) is 36.7 Å². The normalized spacial score (nSPS) is 18.9. The van der Waals surface area contributed by atoms with Crippen molar-refractivity contribution in [3.8, 4) is 17.2 Å². The summed E-state index contributed by atoms with van der Waals surface area (Å²) in [4.78, 5) is 43.7. The molecule has 34 heavy (non-hydrogen) atoms. The highest BCUT2D eigenvalue weighted by atomic mass is 35.5. The maximum absolute atomic E-state index is 13.2. The van der Waals surface area contributed by atoms with Gasteiger partial charge in [-0.1, -0.05) is 23.7 Å². The smallest absolute Gasteiger partial charge is 0.423 e. The summed E-state index contributed by atoms with van der Waals surface area (Å²) >= 11 is 6.31. The van der Waals surface area contributed by atoms with E-state index in [-0.39, 0.29) is 40.3 Å².